The number of aliphatic hydroxyl groups is 3. The minimum Gasteiger partial charge on any atom is -0.394 e. The number of hydrogen-bond donors (Lipinski definition) is 4. The minimum absolute atomic E-state index is 0.383. The van der Waals surface area contributed by atoms with Crippen molar-refractivity contribution in [2.24, 2.45) is 0 Å². The van der Waals surface area contributed by atoms with Gasteiger partial charge in [-0.15, -0.1) is 0 Å². The van der Waals surface area contributed by atoms with Gasteiger partial charge in [-0.05, 0) is 13.8 Å². The summed E-state index contributed by atoms with van der Waals surface area (Å²) in [5, 5.41) is 32.4. The molecule has 0 saturated carbocycles. The van der Waals surface area contributed by atoms with Crippen LogP contribution in [0, 0.1) is 0 Å². The summed E-state index contributed by atoms with van der Waals surface area (Å²) in [6.07, 6.45) is 0.823. The molecule has 4 atom stereocenters. The summed E-state index contributed by atoms with van der Waals surface area (Å²) in [7, 11) is 0. The van der Waals surface area contributed by atoms with Gasteiger partial charge >= 0.3 is 0 Å². The fraction of sp³-hybridized carbons (Fsp3) is 0.533. The van der Waals surface area contributed by atoms with Crippen molar-refractivity contribution in [2.75, 3.05) is 18.5 Å². The van der Waals surface area contributed by atoms with Crippen molar-refractivity contribution in [2.45, 2.75) is 38.4 Å². The van der Waals surface area contributed by atoms with Gasteiger partial charge in [0.1, 0.15) is 24.6 Å². The van der Waals surface area contributed by atoms with E-state index < -0.39 is 24.5 Å². The molecule has 0 aromatic carbocycles. The molecule has 3 rings (SSSR count). The van der Waals surface area contributed by atoms with Gasteiger partial charge in [0.05, 0.1) is 12.9 Å². The lowest BCUT2D eigenvalue weighted by molar-refractivity contribution is -0.0511. The van der Waals surface area contributed by atoms with E-state index in [9.17, 15) is 15.3 Å². The van der Waals surface area contributed by atoms with Gasteiger partial charge in [0, 0.05) is 6.54 Å². The second-order valence-corrected chi connectivity index (χ2v) is 5.94. The standard InChI is InChI=1S/C15H21N5O4/c1-8(2)3-4-16-13-10-14(18-6-17-13)20(7-19-10)15-12(23)11(22)9(5-21)24-15/h3,6-7,9,11-12,15,21-23H,4-5H2,1-2H3,(H,16,17,18)/t9-,11?,12+,15-/m1/s1. The first-order valence-electron chi connectivity index (χ1n) is 7.70. The molecule has 3 heterocycles. The van der Waals surface area contributed by atoms with Crippen molar-refractivity contribution in [3.05, 3.63) is 24.3 Å². The number of rotatable bonds is 5. The zero-order chi connectivity index (χ0) is 17.3. The number of aromatic nitrogens is 4. The Labute approximate surface area is 138 Å². The van der Waals surface area contributed by atoms with E-state index in [0.29, 0.717) is 23.5 Å². The number of ether oxygens (including phenoxy) is 1. The highest BCUT2D eigenvalue weighted by atomic mass is 16.6. The third kappa shape index (κ3) is 2.98. The van der Waals surface area contributed by atoms with E-state index in [1.165, 1.54) is 22.8 Å². The molecule has 2 aromatic rings. The highest BCUT2D eigenvalue weighted by Crippen LogP contribution is 2.31. The Kier molecular flexibility index (Phi) is 4.76. The predicted molar refractivity (Wildman–Crippen MR) is 86.3 cm³/mol. The summed E-state index contributed by atoms with van der Waals surface area (Å²) in [5.41, 5.74) is 2.20. The van der Waals surface area contributed by atoms with Gasteiger partial charge in [-0.3, -0.25) is 4.57 Å². The lowest BCUT2D eigenvalue weighted by Crippen LogP contribution is -2.33. The van der Waals surface area contributed by atoms with E-state index in [-0.39, 0.29) is 6.61 Å². The molecule has 0 radical (unpaired) electrons. The summed E-state index contributed by atoms with van der Waals surface area (Å²) in [6.45, 7) is 4.24. The summed E-state index contributed by atoms with van der Waals surface area (Å²) in [4.78, 5) is 12.7. The van der Waals surface area contributed by atoms with E-state index in [1.807, 2.05) is 19.9 Å². The third-order valence-corrected chi connectivity index (χ3v) is 3.93. The molecule has 24 heavy (non-hydrogen) atoms. The molecule has 0 aliphatic carbocycles. The SMILES string of the molecule is CC(C)=CCNc1ncnc2c1ncn2[C@@H]1O[C@H](CO)C(O)[C@@H]1O. The number of nitrogens with one attached hydrogen (secondary N) is 1. The quantitative estimate of drug-likeness (QED) is 0.554. The van der Waals surface area contributed by atoms with E-state index in [1.54, 1.807) is 0 Å². The molecule has 1 aliphatic rings. The van der Waals surface area contributed by atoms with Crippen molar-refractivity contribution in [3.63, 3.8) is 0 Å². The van der Waals surface area contributed by atoms with Crippen LogP contribution in [0.1, 0.15) is 20.1 Å². The summed E-state index contributed by atoms with van der Waals surface area (Å²) in [6, 6.07) is 0. The first kappa shape index (κ1) is 16.8. The number of aliphatic hydroxyl groups excluding tert-OH is 3. The topological polar surface area (TPSA) is 126 Å². The van der Waals surface area contributed by atoms with Crippen molar-refractivity contribution in [1.82, 2.24) is 19.5 Å². The van der Waals surface area contributed by atoms with Crippen LogP contribution in [0.4, 0.5) is 5.82 Å². The number of nitrogens with zero attached hydrogens (tertiary/aromatic N) is 4. The van der Waals surface area contributed by atoms with E-state index in [4.69, 9.17) is 4.74 Å². The molecule has 9 nitrogen and oxygen atoms in total. The van der Waals surface area contributed by atoms with Crippen molar-refractivity contribution >= 4 is 17.0 Å². The maximum atomic E-state index is 10.2. The van der Waals surface area contributed by atoms with Crippen LogP contribution in [0.15, 0.2) is 24.3 Å². The molecule has 4 N–H and O–H groups in total. The van der Waals surface area contributed by atoms with Gasteiger partial charge in [-0.25, -0.2) is 15.0 Å². The Bertz CT molecular complexity index is 743. The van der Waals surface area contributed by atoms with E-state index in [2.05, 4.69) is 20.3 Å². The lowest BCUT2D eigenvalue weighted by Gasteiger charge is -2.16. The largest absolute Gasteiger partial charge is 0.394 e. The Hall–Kier alpha value is -2.07. The molecule has 130 valence electrons. The zero-order valence-corrected chi connectivity index (χ0v) is 13.5. The van der Waals surface area contributed by atoms with Crippen LogP contribution in [0.25, 0.3) is 11.2 Å². The van der Waals surface area contributed by atoms with Crippen LogP contribution < -0.4 is 5.32 Å². The first-order chi connectivity index (χ1) is 11.5. The number of anilines is 1. The fourth-order valence-electron chi connectivity index (χ4n) is 2.63. The molecular weight excluding hydrogens is 314 g/mol. The van der Waals surface area contributed by atoms with E-state index >= 15 is 0 Å². The van der Waals surface area contributed by atoms with Gasteiger partial charge in [0.25, 0.3) is 0 Å². The highest BCUT2D eigenvalue weighted by Gasteiger charge is 2.43. The number of imidazole rings is 1. The van der Waals surface area contributed by atoms with Crippen LogP contribution in [0.2, 0.25) is 0 Å². The fourth-order valence-corrected chi connectivity index (χ4v) is 2.63. The highest BCUT2D eigenvalue weighted by molar-refractivity contribution is 5.82. The van der Waals surface area contributed by atoms with Crippen LogP contribution in [0.3, 0.4) is 0 Å². The maximum Gasteiger partial charge on any atom is 0.167 e. The maximum absolute atomic E-state index is 10.2. The molecule has 2 aromatic heterocycles. The first-order valence-corrected chi connectivity index (χ1v) is 7.70. The normalized spacial score (nSPS) is 26.7. The molecule has 9 heteroatoms. The summed E-state index contributed by atoms with van der Waals surface area (Å²) < 4.78 is 7.06. The summed E-state index contributed by atoms with van der Waals surface area (Å²) >= 11 is 0. The Balaban J connectivity index is 1.90. The van der Waals surface area contributed by atoms with Crippen LogP contribution in [-0.2, 0) is 4.74 Å². The van der Waals surface area contributed by atoms with Gasteiger partial charge in [0.2, 0.25) is 0 Å². The van der Waals surface area contributed by atoms with Gasteiger partial charge in [-0.1, -0.05) is 11.6 Å². The van der Waals surface area contributed by atoms with Crippen LogP contribution in [-0.4, -0.2) is 66.3 Å². The van der Waals surface area contributed by atoms with Gasteiger partial charge in [-0.2, -0.15) is 0 Å². The smallest absolute Gasteiger partial charge is 0.167 e. The Morgan fingerprint density at radius 2 is 2.08 bits per heavy atom. The average molecular weight is 335 g/mol. The van der Waals surface area contributed by atoms with Crippen molar-refractivity contribution < 1.29 is 20.1 Å². The molecule has 1 aliphatic heterocycles. The summed E-state index contributed by atoms with van der Waals surface area (Å²) in [5.74, 6) is 0.572. The van der Waals surface area contributed by atoms with Crippen LogP contribution in [0.5, 0.6) is 0 Å². The Morgan fingerprint density at radius 3 is 2.75 bits per heavy atom. The number of fused-ring (bicyclic) bond motifs is 1. The molecular formula is C15H21N5O4. The van der Waals surface area contributed by atoms with E-state index in [0.717, 1.165) is 0 Å². The monoisotopic (exact) mass is 335 g/mol. The zero-order valence-electron chi connectivity index (χ0n) is 13.5. The van der Waals surface area contributed by atoms with Crippen LogP contribution >= 0.6 is 0 Å². The average Bonchev–Trinajstić information content (AvgIpc) is 3.10. The Morgan fingerprint density at radius 1 is 1.29 bits per heavy atom. The van der Waals surface area contributed by atoms with Crippen molar-refractivity contribution in [1.29, 1.82) is 0 Å². The molecule has 1 unspecified atom stereocenters. The molecule has 0 amide bonds. The number of hydrogen-bond acceptors (Lipinski definition) is 8. The van der Waals surface area contributed by atoms with Gasteiger partial charge in [0.15, 0.2) is 23.2 Å². The minimum atomic E-state index is -1.18. The third-order valence-electron chi connectivity index (χ3n) is 3.93. The molecule has 0 bridgehead atoms. The molecule has 1 saturated heterocycles. The van der Waals surface area contributed by atoms with Gasteiger partial charge < -0.3 is 25.4 Å². The molecule has 0 spiro atoms. The lowest BCUT2D eigenvalue weighted by atomic mass is 10.1. The number of allylic oxidation sites excluding steroid dienone is 1. The second-order valence-electron chi connectivity index (χ2n) is 5.94. The van der Waals surface area contributed by atoms with Crippen molar-refractivity contribution in [3.8, 4) is 0 Å². The second kappa shape index (κ2) is 6.81. The predicted octanol–water partition coefficient (Wildman–Crippen LogP) is -0.184. The molecule has 1 fully saturated rings.